The van der Waals surface area contributed by atoms with Gasteiger partial charge in [-0.25, -0.2) is 4.57 Å². The number of esters is 2. The largest absolute Gasteiger partial charge is 0.472 e. The van der Waals surface area contributed by atoms with E-state index in [1.54, 1.807) is 0 Å². The van der Waals surface area contributed by atoms with Crippen molar-refractivity contribution in [2.75, 3.05) is 47.5 Å². The van der Waals surface area contributed by atoms with Gasteiger partial charge in [-0.3, -0.25) is 18.6 Å². The fraction of sp³-hybridized carbons (Fsp3) is 0.833. The number of allylic oxidation sites excluding steroid dienone is 2. The van der Waals surface area contributed by atoms with Gasteiger partial charge in [-0.2, -0.15) is 0 Å². The molecule has 1 N–H and O–H groups in total. The molecule has 200 valence electrons. The molecule has 0 rings (SSSR count). The van der Waals surface area contributed by atoms with Crippen molar-refractivity contribution in [1.82, 2.24) is 0 Å². The number of phosphoric acid groups is 1. The molecule has 0 heterocycles. The molecule has 0 aliphatic rings. The second-order valence-electron chi connectivity index (χ2n) is 9.45. The molecule has 0 saturated heterocycles. The predicted octanol–water partition coefficient (Wildman–Crippen LogP) is 4.78. The number of hydrogen-bond donors (Lipinski definition) is 1. The third kappa shape index (κ3) is 22.5. The van der Waals surface area contributed by atoms with Crippen LogP contribution in [0.1, 0.15) is 78.1 Å². The van der Waals surface area contributed by atoms with Gasteiger partial charge in [-0.1, -0.05) is 51.2 Å². The molecule has 0 aromatic carbocycles. The van der Waals surface area contributed by atoms with E-state index in [0.717, 1.165) is 38.5 Å². The molecule has 2 atom stereocenters. The van der Waals surface area contributed by atoms with E-state index >= 15 is 0 Å². The van der Waals surface area contributed by atoms with Crippen LogP contribution in [0, 0.1) is 0 Å². The van der Waals surface area contributed by atoms with E-state index < -0.39 is 32.5 Å². The number of likely N-dealkylation sites (N-methyl/N-ethyl adjacent to an activating group) is 1. The Morgan fingerprint density at radius 2 is 1.56 bits per heavy atom. The lowest BCUT2D eigenvalue weighted by molar-refractivity contribution is -0.870. The molecule has 0 saturated carbocycles. The van der Waals surface area contributed by atoms with Crippen molar-refractivity contribution in [2.45, 2.75) is 84.2 Å². The summed E-state index contributed by atoms with van der Waals surface area (Å²) >= 11 is 0. The van der Waals surface area contributed by atoms with Gasteiger partial charge in [-0.05, 0) is 25.7 Å². The molecule has 0 aliphatic carbocycles. The molecular weight excluding hydrogens is 461 g/mol. The van der Waals surface area contributed by atoms with Crippen LogP contribution < -0.4 is 0 Å². The lowest BCUT2D eigenvalue weighted by atomic mass is 10.1. The van der Waals surface area contributed by atoms with Gasteiger partial charge in [-0.15, -0.1) is 0 Å². The number of carbonyl (C=O) groups is 2. The molecule has 0 spiro atoms. The summed E-state index contributed by atoms with van der Waals surface area (Å²) in [4.78, 5) is 33.1. The summed E-state index contributed by atoms with van der Waals surface area (Å²) in [5, 5.41) is 0. The van der Waals surface area contributed by atoms with Gasteiger partial charge in [0.15, 0.2) is 6.10 Å². The minimum absolute atomic E-state index is 0.0286. The fourth-order valence-corrected chi connectivity index (χ4v) is 3.58. The van der Waals surface area contributed by atoms with Crippen LogP contribution in [0.5, 0.6) is 0 Å². The Morgan fingerprint density at radius 1 is 0.941 bits per heavy atom. The number of hydrogen-bond acceptors (Lipinski definition) is 7. The zero-order valence-electron chi connectivity index (χ0n) is 21.8. The van der Waals surface area contributed by atoms with Crippen LogP contribution >= 0.6 is 7.82 Å². The lowest BCUT2D eigenvalue weighted by Crippen LogP contribution is -2.37. The predicted molar refractivity (Wildman–Crippen MR) is 132 cm³/mol. The standard InChI is InChI=1S/C24H46NO8P/c1-6-7-8-9-10-11-12-13-14-15-16-17-24(27)33-23(20-30-22(2)26)21-32-34(28,29)31-19-18-25(3,4)5/h9-10,23H,6-8,11-21H2,1-5H3/p+1/b10-9-. The first kappa shape index (κ1) is 32.8. The van der Waals surface area contributed by atoms with Crippen LogP contribution in [0.15, 0.2) is 12.2 Å². The topological polar surface area (TPSA) is 108 Å². The smallest absolute Gasteiger partial charge is 0.462 e. The first-order valence-corrected chi connectivity index (χ1v) is 13.8. The van der Waals surface area contributed by atoms with Crippen molar-refractivity contribution < 1.29 is 42.1 Å². The van der Waals surface area contributed by atoms with E-state index in [1.165, 1.54) is 19.8 Å². The minimum atomic E-state index is -4.32. The zero-order valence-corrected chi connectivity index (χ0v) is 22.7. The van der Waals surface area contributed by atoms with Gasteiger partial charge in [0, 0.05) is 13.3 Å². The van der Waals surface area contributed by atoms with Crippen molar-refractivity contribution in [3.63, 3.8) is 0 Å². The molecule has 0 aromatic rings. The SMILES string of the molecule is CCCC/C=C\CCCCCCCC(=O)OC(COC(C)=O)COP(=O)(O)OCC[N+](C)(C)C. The summed E-state index contributed by atoms with van der Waals surface area (Å²) in [7, 11) is 1.46. The maximum Gasteiger partial charge on any atom is 0.472 e. The molecule has 0 aromatic heterocycles. The molecule has 34 heavy (non-hydrogen) atoms. The lowest BCUT2D eigenvalue weighted by Gasteiger charge is -2.24. The number of nitrogens with zero attached hydrogens (tertiary/aromatic N) is 1. The maximum atomic E-state index is 12.2. The highest BCUT2D eigenvalue weighted by Crippen LogP contribution is 2.43. The molecule has 0 amide bonds. The van der Waals surface area contributed by atoms with Crippen LogP contribution in [-0.4, -0.2) is 74.9 Å². The Kier molecular flexibility index (Phi) is 18.3. The molecule has 10 heteroatoms. The van der Waals surface area contributed by atoms with Gasteiger partial charge in [0.25, 0.3) is 0 Å². The summed E-state index contributed by atoms with van der Waals surface area (Å²) < 4.78 is 32.7. The molecule has 2 unspecified atom stereocenters. The van der Waals surface area contributed by atoms with Crippen molar-refractivity contribution in [1.29, 1.82) is 0 Å². The average molecular weight is 509 g/mol. The monoisotopic (exact) mass is 508 g/mol. The first-order valence-electron chi connectivity index (χ1n) is 12.4. The zero-order chi connectivity index (χ0) is 25.9. The Morgan fingerprint density at radius 3 is 2.18 bits per heavy atom. The fourth-order valence-electron chi connectivity index (χ4n) is 2.84. The van der Waals surface area contributed by atoms with E-state index in [0.29, 0.717) is 17.4 Å². The van der Waals surface area contributed by atoms with Gasteiger partial charge in [0.1, 0.15) is 19.8 Å². The number of carbonyl (C=O) groups excluding carboxylic acids is 2. The Bertz CT molecular complexity index is 633. The second kappa shape index (κ2) is 19.0. The van der Waals surface area contributed by atoms with Crippen molar-refractivity contribution in [3.8, 4) is 0 Å². The van der Waals surface area contributed by atoms with Gasteiger partial charge < -0.3 is 18.9 Å². The number of quaternary nitrogens is 1. The number of rotatable bonds is 21. The van der Waals surface area contributed by atoms with Crippen LogP contribution in [0.4, 0.5) is 0 Å². The molecule has 0 bridgehead atoms. The molecular formula is C24H47NO8P+. The molecule has 0 aliphatic heterocycles. The Hall–Kier alpha value is -1.25. The Labute approximate surface area is 206 Å². The van der Waals surface area contributed by atoms with Gasteiger partial charge >= 0.3 is 19.8 Å². The maximum absolute atomic E-state index is 12.2. The Balaban J connectivity index is 4.22. The first-order chi connectivity index (χ1) is 15.9. The third-order valence-corrected chi connectivity index (χ3v) is 5.84. The summed E-state index contributed by atoms with van der Waals surface area (Å²) in [5.41, 5.74) is 0. The highest BCUT2D eigenvalue weighted by atomic mass is 31.2. The van der Waals surface area contributed by atoms with Gasteiger partial charge in [0.2, 0.25) is 0 Å². The average Bonchev–Trinajstić information content (AvgIpc) is 2.72. The van der Waals surface area contributed by atoms with E-state index in [2.05, 4.69) is 19.1 Å². The summed E-state index contributed by atoms with van der Waals surface area (Å²) in [6, 6.07) is 0. The van der Waals surface area contributed by atoms with E-state index in [-0.39, 0.29) is 19.6 Å². The number of phosphoric ester groups is 1. The summed E-state index contributed by atoms with van der Waals surface area (Å²) in [6.07, 6.45) is 13.4. The van der Waals surface area contributed by atoms with Crippen molar-refractivity contribution in [3.05, 3.63) is 12.2 Å². The minimum Gasteiger partial charge on any atom is -0.462 e. The summed E-state index contributed by atoms with van der Waals surface area (Å²) in [5.74, 6) is -1.01. The van der Waals surface area contributed by atoms with Crippen LogP contribution in [0.2, 0.25) is 0 Å². The second-order valence-corrected chi connectivity index (χ2v) is 10.9. The third-order valence-electron chi connectivity index (χ3n) is 4.85. The highest BCUT2D eigenvalue weighted by molar-refractivity contribution is 7.47. The molecule has 0 radical (unpaired) electrons. The number of ether oxygens (including phenoxy) is 2. The molecule has 9 nitrogen and oxygen atoms in total. The van der Waals surface area contributed by atoms with Crippen LogP contribution in [0.3, 0.4) is 0 Å². The van der Waals surface area contributed by atoms with Crippen molar-refractivity contribution >= 4 is 19.8 Å². The quantitative estimate of drug-likeness (QED) is 0.0776. The van der Waals surface area contributed by atoms with E-state index in [1.807, 2.05) is 21.1 Å². The number of unbranched alkanes of at least 4 members (excludes halogenated alkanes) is 7. The highest BCUT2D eigenvalue weighted by Gasteiger charge is 2.26. The van der Waals surface area contributed by atoms with Crippen LogP contribution in [0.25, 0.3) is 0 Å². The van der Waals surface area contributed by atoms with Crippen molar-refractivity contribution in [2.24, 2.45) is 0 Å². The summed E-state index contributed by atoms with van der Waals surface area (Å²) in [6.45, 7) is 3.28. The van der Waals surface area contributed by atoms with E-state index in [9.17, 15) is 19.0 Å². The normalized spacial score (nSPS) is 14.6. The van der Waals surface area contributed by atoms with Crippen LogP contribution in [-0.2, 0) is 32.7 Å². The van der Waals surface area contributed by atoms with Gasteiger partial charge in [0.05, 0.1) is 27.7 Å². The molecule has 0 fully saturated rings. The van der Waals surface area contributed by atoms with E-state index in [4.69, 9.17) is 18.5 Å².